The summed E-state index contributed by atoms with van der Waals surface area (Å²) in [7, 11) is 3.49. The molecule has 1 heterocycles. The number of aryl methyl sites for hydroxylation is 1. The van der Waals surface area contributed by atoms with E-state index in [1.54, 1.807) is 11.8 Å². The van der Waals surface area contributed by atoms with Crippen molar-refractivity contribution in [2.75, 3.05) is 13.7 Å². The smallest absolute Gasteiger partial charge is 0.191 e. The molecule has 0 aliphatic rings. The van der Waals surface area contributed by atoms with Crippen LogP contribution in [-0.4, -0.2) is 34.4 Å². The fourth-order valence-electron chi connectivity index (χ4n) is 2.65. The topological polar surface area (TPSA) is 85.6 Å². The number of ether oxygens (including phenoxy) is 2. The lowest BCUT2D eigenvalue weighted by Crippen LogP contribution is -2.37. The van der Waals surface area contributed by atoms with Crippen molar-refractivity contribution in [2.24, 2.45) is 12.0 Å². The van der Waals surface area contributed by atoms with Crippen LogP contribution in [0.4, 0.5) is 0 Å². The number of nitrogens with one attached hydrogen (secondary N) is 2. The minimum Gasteiger partial charge on any atom is -0.493 e. The van der Waals surface area contributed by atoms with E-state index in [1.807, 2.05) is 62.5 Å². The summed E-state index contributed by atoms with van der Waals surface area (Å²) >= 11 is 0. The number of benzene rings is 2. The molecule has 0 fully saturated rings. The third-order valence-corrected chi connectivity index (χ3v) is 4.20. The Labute approximate surface area is 170 Å². The van der Waals surface area contributed by atoms with E-state index in [0.717, 1.165) is 29.6 Å². The number of rotatable bonds is 8. The summed E-state index contributed by atoms with van der Waals surface area (Å²) in [5.74, 6) is 3.70. The second-order valence-electron chi connectivity index (χ2n) is 6.25. The fourth-order valence-corrected chi connectivity index (χ4v) is 2.65. The maximum absolute atomic E-state index is 5.91. The molecule has 0 radical (unpaired) electrons. The van der Waals surface area contributed by atoms with Crippen molar-refractivity contribution < 1.29 is 9.47 Å². The highest BCUT2D eigenvalue weighted by Crippen LogP contribution is 2.30. The van der Waals surface area contributed by atoms with Gasteiger partial charge in [-0.25, -0.2) is 9.98 Å². The van der Waals surface area contributed by atoms with Crippen LogP contribution >= 0.6 is 0 Å². The summed E-state index contributed by atoms with van der Waals surface area (Å²) in [5, 5.41) is 10.6. The number of aromatic nitrogens is 3. The molecule has 3 rings (SSSR count). The zero-order valence-corrected chi connectivity index (χ0v) is 16.9. The molecule has 3 aromatic rings. The lowest BCUT2D eigenvalue weighted by molar-refractivity contribution is 0.379. The number of para-hydroxylation sites is 2. The lowest BCUT2D eigenvalue weighted by Gasteiger charge is -2.11. The van der Waals surface area contributed by atoms with E-state index >= 15 is 0 Å². The van der Waals surface area contributed by atoms with Gasteiger partial charge >= 0.3 is 0 Å². The first-order chi connectivity index (χ1) is 14.2. The highest BCUT2D eigenvalue weighted by Gasteiger charge is 2.05. The third-order valence-electron chi connectivity index (χ3n) is 4.20. The number of aliphatic imine (C=N–C) groups is 1. The van der Waals surface area contributed by atoms with Crippen molar-refractivity contribution in [1.82, 2.24) is 25.4 Å². The van der Waals surface area contributed by atoms with Crippen LogP contribution in [0, 0.1) is 0 Å². The Morgan fingerprint density at radius 1 is 1.07 bits per heavy atom. The van der Waals surface area contributed by atoms with Gasteiger partial charge in [0.15, 0.2) is 17.5 Å². The van der Waals surface area contributed by atoms with Crippen LogP contribution in [0.1, 0.15) is 18.3 Å². The molecule has 0 bridgehead atoms. The molecule has 2 N–H and O–H groups in total. The van der Waals surface area contributed by atoms with Gasteiger partial charge in [-0.3, -0.25) is 4.68 Å². The molecule has 0 atom stereocenters. The SMILES string of the molecule is CCNC(=NCc1ccc(Oc2ccccc2OC)cc1)NCc1ncnn1C. The van der Waals surface area contributed by atoms with Gasteiger partial charge in [-0.15, -0.1) is 0 Å². The molecule has 0 amide bonds. The molecule has 8 nitrogen and oxygen atoms in total. The summed E-state index contributed by atoms with van der Waals surface area (Å²) in [6, 6.07) is 15.4. The molecule has 0 aliphatic carbocycles. The average Bonchev–Trinajstić information content (AvgIpc) is 3.16. The van der Waals surface area contributed by atoms with Gasteiger partial charge in [0.2, 0.25) is 0 Å². The van der Waals surface area contributed by atoms with E-state index in [2.05, 4.69) is 25.7 Å². The van der Waals surface area contributed by atoms with Crippen molar-refractivity contribution in [1.29, 1.82) is 0 Å². The zero-order valence-electron chi connectivity index (χ0n) is 16.9. The Balaban J connectivity index is 1.60. The lowest BCUT2D eigenvalue weighted by atomic mass is 10.2. The molecular weight excluding hydrogens is 368 g/mol. The van der Waals surface area contributed by atoms with E-state index in [1.165, 1.54) is 6.33 Å². The van der Waals surface area contributed by atoms with Crippen LogP contribution in [0.15, 0.2) is 59.9 Å². The number of guanidine groups is 1. The Morgan fingerprint density at radius 3 is 2.48 bits per heavy atom. The molecule has 0 unspecified atom stereocenters. The molecule has 2 aromatic carbocycles. The van der Waals surface area contributed by atoms with Gasteiger partial charge in [0.25, 0.3) is 0 Å². The largest absolute Gasteiger partial charge is 0.493 e. The van der Waals surface area contributed by atoms with Crippen LogP contribution in [0.5, 0.6) is 17.2 Å². The van der Waals surface area contributed by atoms with E-state index in [0.29, 0.717) is 24.6 Å². The maximum Gasteiger partial charge on any atom is 0.191 e. The number of hydrogen-bond acceptors (Lipinski definition) is 5. The Hall–Kier alpha value is -3.55. The van der Waals surface area contributed by atoms with Gasteiger partial charge < -0.3 is 20.1 Å². The monoisotopic (exact) mass is 394 g/mol. The molecule has 0 spiro atoms. The van der Waals surface area contributed by atoms with Gasteiger partial charge in [0.05, 0.1) is 20.2 Å². The highest BCUT2D eigenvalue weighted by atomic mass is 16.5. The first kappa shape index (κ1) is 20.2. The van der Waals surface area contributed by atoms with E-state index in [4.69, 9.17) is 9.47 Å². The normalized spacial score (nSPS) is 11.2. The van der Waals surface area contributed by atoms with Crippen LogP contribution in [0.3, 0.4) is 0 Å². The maximum atomic E-state index is 5.91. The van der Waals surface area contributed by atoms with Crippen molar-refractivity contribution in [3.63, 3.8) is 0 Å². The van der Waals surface area contributed by atoms with Crippen molar-refractivity contribution >= 4 is 5.96 Å². The standard InChI is InChI=1S/C21H26N6O2/c1-4-22-21(24-14-20-25-15-26-27(20)2)23-13-16-9-11-17(12-10-16)29-19-8-6-5-7-18(19)28-3/h5-12,15H,4,13-14H2,1-3H3,(H2,22,23,24). The number of hydrogen-bond donors (Lipinski definition) is 2. The molecule has 1 aromatic heterocycles. The first-order valence-electron chi connectivity index (χ1n) is 9.44. The van der Waals surface area contributed by atoms with E-state index in [9.17, 15) is 0 Å². The van der Waals surface area contributed by atoms with Gasteiger partial charge in [-0.2, -0.15) is 5.10 Å². The van der Waals surface area contributed by atoms with Crippen molar-refractivity contribution in [3.05, 3.63) is 66.2 Å². The Kier molecular flexibility index (Phi) is 7.05. The summed E-state index contributed by atoms with van der Waals surface area (Å²) in [4.78, 5) is 8.84. The minimum atomic E-state index is 0.545. The van der Waals surface area contributed by atoms with Crippen molar-refractivity contribution in [3.8, 4) is 17.2 Å². The predicted octanol–water partition coefficient (Wildman–Crippen LogP) is 2.87. The Bertz CT molecular complexity index is 936. The van der Waals surface area contributed by atoms with Crippen LogP contribution in [0.25, 0.3) is 0 Å². The third kappa shape index (κ3) is 5.71. The number of nitrogens with zero attached hydrogens (tertiary/aromatic N) is 4. The average molecular weight is 394 g/mol. The molecule has 0 saturated carbocycles. The molecular formula is C21H26N6O2. The molecule has 29 heavy (non-hydrogen) atoms. The number of methoxy groups -OCH3 is 1. The second kappa shape index (κ2) is 10.1. The quantitative estimate of drug-likeness (QED) is 0.451. The molecule has 152 valence electrons. The summed E-state index contributed by atoms with van der Waals surface area (Å²) < 4.78 is 13.0. The Morgan fingerprint density at radius 2 is 1.83 bits per heavy atom. The summed E-state index contributed by atoms with van der Waals surface area (Å²) in [6.45, 7) is 3.90. The first-order valence-corrected chi connectivity index (χ1v) is 9.44. The van der Waals surface area contributed by atoms with Gasteiger partial charge in [-0.1, -0.05) is 24.3 Å². The molecule has 8 heteroatoms. The van der Waals surface area contributed by atoms with Crippen molar-refractivity contribution in [2.45, 2.75) is 20.0 Å². The van der Waals surface area contributed by atoms with E-state index in [-0.39, 0.29) is 0 Å². The second-order valence-corrected chi connectivity index (χ2v) is 6.25. The van der Waals surface area contributed by atoms with Gasteiger partial charge in [-0.05, 0) is 36.8 Å². The summed E-state index contributed by atoms with van der Waals surface area (Å²) in [5.41, 5.74) is 1.08. The van der Waals surface area contributed by atoms with Crippen LogP contribution < -0.4 is 20.1 Å². The van der Waals surface area contributed by atoms with Gasteiger partial charge in [0.1, 0.15) is 17.9 Å². The minimum absolute atomic E-state index is 0.545. The predicted molar refractivity (Wildman–Crippen MR) is 112 cm³/mol. The zero-order chi connectivity index (χ0) is 20.5. The van der Waals surface area contributed by atoms with Crippen LogP contribution in [0.2, 0.25) is 0 Å². The highest BCUT2D eigenvalue weighted by molar-refractivity contribution is 5.79. The molecule has 0 saturated heterocycles. The summed E-state index contributed by atoms with van der Waals surface area (Å²) in [6.07, 6.45) is 1.54. The van der Waals surface area contributed by atoms with Gasteiger partial charge in [0, 0.05) is 13.6 Å². The molecule has 0 aliphatic heterocycles. The van der Waals surface area contributed by atoms with Crippen LogP contribution in [-0.2, 0) is 20.1 Å². The van der Waals surface area contributed by atoms with E-state index < -0.39 is 0 Å². The fraction of sp³-hybridized carbons (Fsp3) is 0.286.